The minimum Gasteiger partial charge on any atom is -0.475 e. The summed E-state index contributed by atoms with van der Waals surface area (Å²) in [6.07, 6.45) is 2.31. The summed E-state index contributed by atoms with van der Waals surface area (Å²) >= 11 is 0. The molecule has 3 heterocycles. The van der Waals surface area contributed by atoms with Gasteiger partial charge in [0.25, 0.3) is 0 Å². The molecule has 1 aromatic heterocycles. The zero-order valence-electron chi connectivity index (χ0n) is 5.86. The van der Waals surface area contributed by atoms with E-state index < -0.39 is 0 Å². The number of epoxide rings is 1. The first kappa shape index (κ1) is 5.55. The smallest absolute Gasteiger partial charge is 0.219 e. The fraction of sp³-hybridized carbons (Fsp3) is 0.375. The van der Waals surface area contributed by atoms with Crippen LogP contribution in [0.2, 0.25) is 0 Å². The number of fused-ring (bicyclic) bond motifs is 3. The number of nitrogens with zero attached hydrogens (tertiary/aromatic N) is 1. The molecule has 0 aliphatic carbocycles. The lowest BCUT2D eigenvalue weighted by Gasteiger charge is -2.10. The number of rotatable bonds is 0. The summed E-state index contributed by atoms with van der Waals surface area (Å²) in [4.78, 5) is 4.09. The molecule has 1 fully saturated rings. The highest BCUT2D eigenvalue weighted by molar-refractivity contribution is 5.33. The molecule has 2 atom stereocenters. The molecule has 3 rings (SSSR count). The average Bonchev–Trinajstić information content (AvgIpc) is 2.83. The second-order valence-electron chi connectivity index (χ2n) is 2.80. The summed E-state index contributed by atoms with van der Waals surface area (Å²) in [6, 6.07) is 3.92. The SMILES string of the molecule is c1cnc2c(c1)C1OC1CO2. The number of pyridine rings is 1. The van der Waals surface area contributed by atoms with Crippen molar-refractivity contribution in [2.75, 3.05) is 6.61 Å². The second kappa shape index (κ2) is 1.74. The molecule has 56 valence electrons. The first-order valence-corrected chi connectivity index (χ1v) is 3.68. The second-order valence-corrected chi connectivity index (χ2v) is 2.80. The van der Waals surface area contributed by atoms with Gasteiger partial charge in [0.15, 0.2) is 0 Å². The van der Waals surface area contributed by atoms with Gasteiger partial charge >= 0.3 is 0 Å². The molecule has 1 saturated heterocycles. The van der Waals surface area contributed by atoms with E-state index in [1.807, 2.05) is 12.1 Å². The third kappa shape index (κ3) is 0.686. The van der Waals surface area contributed by atoms with E-state index in [-0.39, 0.29) is 6.10 Å². The van der Waals surface area contributed by atoms with Crippen LogP contribution >= 0.6 is 0 Å². The number of aromatic nitrogens is 1. The predicted octanol–water partition coefficient (Wildman–Crippen LogP) is 0.914. The number of hydrogen-bond donors (Lipinski definition) is 0. The summed E-state index contributed by atoms with van der Waals surface area (Å²) in [5, 5.41) is 0. The van der Waals surface area contributed by atoms with E-state index in [1.54, 1.807) is 6.20 Å². The van der Waals surface area contributed by atoms with Gasteiger partial charge in [0.05, 0.1) is 0 Å². The van der Waals surface area contributed by atoms with Crippen molar-refractivity contribution in [1.29, 1.82) is 0 Å². The number of ether oxygens (including phenoxy) is 2. The van der Waals surface area contributed by atoms with Gasteiger partial charge in [0.1, 0.15) is 18.8 Å². The van der Waals surface area contributed by atoms with Crippen LogP contribution < -0.4 is 4.74 Å². The molecule has 1 aromatic rings. The Hall–Kier alpha value is -1.09. The Balaban J connectivity index is 2.14. The standard InChI is InChI=1S/C8H7NO2/c1-2-5-7-6(11-7)4-10-8(5)9-3-1/h1-3,6-7H,4H2. The quantitative estimate of drug-likeness (QED) is 0.514. The van der Waals surface area contributed by atoms with E-state index in [2.05, 4.69) is 4.98 Å². The third-order valence-electron chi connectivity index (χ3n) is 2.07. The molecule has 0 radical (unpaired) electrons. The first-order chi connectivity index (χ1) is 5.45. The molecule has 2 aliphatic rings. The van der Waals surface area contributed by atoms with Gasteiger partial charge in [-0.3, -0.25) is 0 Å². The molecule has 2 unspecified atom stereocenters. The molecule has 0 spiro atoms. The average molecular weight is 149 g/mol. The van der Waals surface area contributed by atoms with Gasteiger partial charge in [-0.05, 0) is 12.1 Å². The van der Waals surface area contributed by atoms with E-state index in [1.165, 1.54) is 0 Å². The molecule has 0 aromatic carbocycles. The monoisotopic (exact) mass is 149 g/mol. The summed E-state index contributed by atoms with van der Waals surface area (Å²) in [7, 11) is 0. The Morgan fingerprint density at radius 3 is 3.55 bits per heavy atom. The van der Waals surface area contributed by atoms with Crippen LogP contribution in [0.25, 0.3) is 0 Å². The highest BCUT2D eigenvalue weighted by Crippen LogP contribution is 2.45. The van der Waals surface area contributed by atoms with Gasteiger partial charge in [-0.1, -0.05) is 0 Å². The Morgan fingerprint density at radius 1 is 1.55 bits per heavy atom. The Kier molecular flexibility index (Phi) is 0.876. The van der Waals surface area contributed by atoms with Crippen molar-refractivity contribution in [3.8, 4) is 5.88 Å². The van der Waals surface area contributed by atoms with Crippen molar-refractivity contribution in [2.45, 2.75) is 12.2 Å². The summed E-state index contributed by atoms with van der Waals surface area (Å²) in [5.41, 5.74) is 1.10. The summed E-state index contributed by atoms with van der Waals surface area (Å²) in [6.45, 7) is 0.661. The largest absolute Gasteiger partial charge is 0.475 e. The minimum absolute atomic E-state index is 0.271. The van der Waals surface area contributed by atoms with Crippen molar-refractivity contribution >= 4 is 0 Å². The summed E-state index contributed by atoms with van der Waals surface area (Å²) < 4.78 is 10.7. The highest BCUT2D eigenvalue weighted by atomic mass is 16.6. The molecule has 3 heteroatoms. The van der Waals surface area contributed by atoms with Crippen LogP contribution in [0.3, 0.4) is 0 Å². The maximum Gasteiger partial charge on any atom is 0.219 e. The Morgan fingerprint density at radius 2 is 2.55 bits per heavy atom. The maximum atomic E-state index is 5.34. The van der Waals surface area contributed by atoms with Crippen molar-refractivity contribution in [1.82, 2.24) is 4.98 Å². The van der Waals surface area contributed by atoms with Crippen LogP contribution in [0, 0.1) is 0 Å². The zero-order chi connectivity index (χ0) is 7.26. The van der Waals surface area contributed by atoms with Crippen LogP contribution in [0.5, 0.6) is 5.88 Å². The van der Waals surface area contributed by atoms with E-state index in [0.717, 1.165) is 11.4 Å². The van der Waals surface area contributed by atoms with E-state index in [0.29, 0.717) is 12.7 Å². The highest BCUT2D eigenvalue weighted by Gasteiger charge is 2.46. The van der Waals surface area contributed by atoms with Gasteiger partial charge in [0, 0.05) is 11.8 Å². The van der Waals surface area contributed by atoms with Crippen LogP contribution in [-0.2, 0) is 4.74 Å². The molecule has 0 N–H and O–H groups in total. The van der Waals surface area contributed by atoms with Gasteiger partial charge in [-0.25, -0.2) is 4.98 Å². The van der Waals surface area contributed by atoms with Crippen molar-refractivity contribution in [3.05, 3.63) is 23.9 Å². The van der Waals surface area contributed by atoms with E-state index in [4.69, 9.17) is 9.47 Å². The van der Waals surface area contributed by atoms with Crippen molar-refractivity contribution in [3.63, 3.8) is 0 Å². The van der Waals surface area contributed by atoms with E-state index >= 15 is 0 Å². The minimum atomic E-state index is 0.271. The third-order valence-corrected chi connectivity index (χ3v) is 2.07. The Labute approximate surface area is 64.0 Å². The lowest BCUT2D eigenvalue weighted by atomic mass is 10.1. The molecule has 2 aliphatic heterocycles. The zero-order valence-corrected chi connectivity index (χ0v) is 5.86. The fourth-order valence-electron chi connectivity index (χ4n) is 1.44. The van der Waals surface area contributed by atoms with Crippen LogP contribution in [0.15, 0.2) is 18.3 Å². The lowest BCUT2D eigenvalue weighted by molar-refractivity contribution is 0.259. The Bertz CT molecular complexity index is 300. The molecular formula is C8H7NO2. The summed E-state index contributed by atoms with van der Waals surface area (Å²) in [5.74, 6) is 0.742. The molecular weight excluding hydrogens is 142 g/mol. The fourth-order valence-corrected chi connectivity index (χ4v) is 1.44. The topological polar surface area (TPSA) is 34.7 Å². The van der Waals surface area contributed by atoms with Crippen LogP contribution in [-0.4, -0.2) is 17.7 Å². The van der Waals surface area contributed by atoms with Crippen molar-refractivity contribution in [2.24, 2.45) is 0 Å². The molecule has 0 bridgehead atoms. The van der Waals surface area contributed by atoms with Crippen LogP contribution in [0.1, 0.15) is 11.7 Å². The first-order valence-electron chi connectivity index (χ1n) is 3.68. The molecule has 0 saturated carbocycles. The van der Waals surface area contributed by atoms with Crippen LogP contribution in [0.4, 0.5) is 0 Å². The van der Waals surface area contributed by atoms with Gasteiger partial charge in [-0.15, -0.1) is 0 Å². The van der Waals surface area contributed by atoms with Gasteiger partial charge in [0.2, 0.25) is 5.88 Å². The van der Waals surface area contributed by atoms with E-state index in [9.17, 15) is 0 Å². The molecule has 0 amide bonds. The molecule has 11 heavy (non-hydrogen) atoms. The predicted molar refractivity (Wildman–Crippen MR) is 37.3 cm³/mol. The van der Waals surface area contributed by atoms with Gasteiger partial charge < -0.3 is 9.47 Å². The van der Waals surface area contributed by atoms with Gasteiger partial charge in [-0.2, -0.15) is 0 Å². The normalized spacial score (nSPS) is 31.6. The molecule has 3 nitrogen and oxygen atoms in total. The van der Waals surface area contributed by atoms with Crippen molar-refractivity contribution < 1.29 is 9.47 Å². The number of hydrogen-bond acceptors (Lipinski definition) is 3. The maximum absolute atomic E-state index is 5.34. The lowest BCUT2D eigenvalue weighted by Crippen LogP contribution is -2.12.